The van der Waals surface area contributed by atoms with E-state index in [4.69, 9.17) is 0 Å². The highest BCUT2D eigenvalue weighted by Gasteiger charge is 2.39. The minimum atomic E-state index is -0.816. The maximum absolute atomic E-state index is 14.4. The third kappa shape index (κ3) is 4.42. The number of nitrogens with one attached hydrogen (secondary N) is 2. The van der Waals surface area contributed by atoms with Crippen molar-refractivity contribution in [2.45, 2.75) is 38.3 Å². The predicted molar refractivity (Wildman–Crippen MR) is 110 cm³/mol. The molecule has 2 unspecified atom stereocenters. The monoisotopic (exact) mass is 399 g/mol. The molecule has 0 spiro atoms. The molecular formula is C23H27F2N3O. The summed E-state index contributed by atoms with van der Waals surface area (Å²) in [5.41, 5.74) is 1.36. The third-order valence-corrected chi connectivity index (χ3v) is 5.68. The van der Waals surface area contributed by atoms with Crippen LogP contribution >= 0.6 is 0 Å². The van der Waals surface area contributed by atoms with E-state index in [-0.39, 0.29) is 6.04 Å². The van der Waals surface area contributed by atoms with E-state index in [9.17, 15) is 13.6 Å². The van der Waals surface area contributed by atoms with Crippen LogP contribution in [-0.4, -0.2) is 37.6 Å². The summed E-state index contributed by atoms with van der Waals surface area (Å²) in [6, 6.07) is 13.4. The van der Waals surface area contributed by atoms with Gasteiger partial charge < -0.3 is 15.5 Å². The smallest absolute Gasteiger partial charge is 0.257 e. The van der Waals surface area contributed by atoms with Gasteiger partial charge >= 0.3 is 0 Å². The fraction of sp³-hybridized carbons (Fsp3) is 0.435. The molecule has 2 fully saturated rings. The summed E-state index contributed by atoms with van der Waals surface area (Å²) in [6.07, 6.45) is 1.16. The maximum Gasteiger partial charge on any atom is 0.257 e. The largest absolute Gasteiger partial charge is 0.371 e. The highest BCUT2D eigenvalue weighted by Crippen LogP contribution is 2.40. The molecule has 1 aliphatic heterocycles. The Morgan fingerprint density at radius 1 is 1.14 bits per heavy atom. The summed E-state index contributed by atoms with van der Waals surface area (Å²) < 4.78 is 28.7. The van der Waals surface area contributed by atoms with Gasteiger partial charge in [0, 0.05) is 49.2 Å². The highest BCUT2D eigenvalue weighted by molar-refractivity contribution is 5.95. The van der Waals surface area contributed by atoms with Crippen molar-refractivity contribution in [3.8, 4) is 0 Å². The summed E-state index contributed by atoms with van der Waals surface area (Å²) in [5, 5.41) is 6.15. The minimum Gasteiger partial charge on any atom is -0.371 e. The standard InChI is InChI=1S/C23H27F2N3O/c1-14(2)27-23(29)22-19(24)8-17(9-20(22)25)28-12-15(13-28)11-26-21-10-18(21)16-6-4-3-5-7-16/h3-9,14-15,18,21,26H,10-13H2,1-2H3,(H,27,29). The molecule has 1 heterocycles. The van der Waals surface area contributed by atoms with Gasteiger partial charge in [0.2, 0.25) is 0 Å². The fourth-order valence-electron chi connectivity index (χ4n) is 4.01. The number of hydrogen-bond donors (Lipinski definition) is 2. The number of carbonyl (C=O) groups excluding carboxylic acids is 1. The molecule has 1 saturated heterocycles. The molecule has 2 aliphatic rings. The number of rotatable bonds is 7. The lowest BCUT2D eigenvalue weighted by Gasteiger charge is -2.41. The molecule has 0 radical (unpaired) electrons. The van der Waals surface area contributed by atoms with E-state index in [0.717, 1.165) is 26.1 Å². The maximum atomic E-state index is 14.4. The number of nitrogens with zero attached hydrogens (tertiary/aromatic N) is 1. The Balaban J connectivity index is 1.27. The first-order valence-electron chi connectivity index (χ1n) is 10.3. The third-order valence-electron chi connectivity index (χ3n) is 5.68. The SMILES string of the molecule is CC(C)NC(=O)c1c(F)cc(N2CC(CNC3CC3c3ccccc3)C2)cc1F. The molecule has 2 N–H and O–H groups in total. The van der Waals surface area contributed by atoms with Crippen molar-refractivity contribution in [3.05, 3.63) is 65.2 Å². The van der Waals surface area contributed by atoms with Gasteiger partial charge in [-0.25, -0.2) is 8.78 Å². The molecule has 0 bridgehead atoms. The average molecular weight is 399 g/mol. The van der Waals surface area contributed by atoms with Crippen molar-refractivity contribution < 1.29 is 13.6 Å². The van der Waals surface area contributed by atoms with Crippen molar-refractivity contribution in [2.24, 2.45) is 5.92 Å². The summed E-state index contributed by atoms with van der Waals surface area (Å²) in [4.78, 5) is 13.9. The van der Waals surface area contributed by atoms with Crippen LogP contribution in [0.5, 0.6) is 0 Å². The summed E-state index contributed by atoms with van der Waals surface area (Å²) in [7, 11) is 0. The minimum absolute atomic E-state index is 0.183. The summed E-state index contributed by atoms with van der Waals surface area (Å²) in [6.45, 7) is 5.92. The van der Waals surface area contributed by atoms with Crippen LogP contribution < -0.4 is 15.5 Å². The van der Waals surface area contributed by atoms with E-state index in [1.807, 2.05) is 11.0 Å². The predicted octanol–water partition coefficient (Wildman–Crippen LogP) is 3.68. The Labute approximate surface area is 170 Å². The van der Waals surface area contributed by atoms with Crippen molar-refractivity contribution >= 4 is 11.6 Å². The van der Waals surface area contributed by atoms with Gasteiger partial charge in [0.25, 0.3) is 5.91 Å². The van der Waals surface area contributed by atoms with Crippen LogP contribution in [0.25, 0.3) is 0 Å². The molecule has 1 saturated carbocycles. The molecule has 1 aliphatic carbocycles. The number of carbonyl (C=O) groups is 1. The van der Waals surface area contributed by atoms with Crippen molar-refractivity contribution in [1.29, 1.82) is 0 Å². The van der Waals surface area contributed by atoms with Crippen molar-refractivity contribution in [1.82, 2.24) is 10.6 Å². The zero-order valence-corrected chi connectivity index (χ0v) is 16.8. The van der Waals surface area contributed by atoms with Crippen molar-refractivity contribution in [2.75, 3.05) is 24.5 Å². The van der Waals surface area contributed by atoms with E-state index >= 15 is 0 Å². The Morgan fingerprint density at radius 3 is 2.41 bits per heavy atom. The van der Waals surface area contributed by atoms with E-state index in [1.54, 1.807) is 13.8 Å². The molecular weight excluding hydrogens is 372 g/mol. The molecule has 154 valence electrons. The van der Waals surface area contributed by atoms with Gasteiger partial charge in [0.15, 0.2) is 0 Å². The van der Waals surface area contributed by atoms with Crippen molar-refractivity contribution in [3.63, 3.8) is 0 Å². The molecule has 2 aromatic carbocycles. The lowest BCUT2D eigenvalue weighted by molar-refractivity contribution is 0.0934. The van der Waals surface area contributed by atoms with Gasteiger partial charge in [-0.3, -0.25) is 4.79 Å². The van der Waals surface area contributed by atoms with E-state index in [1.165, 1.54) is 17.7 Å². The van der Waals surface area contributed by atoms with Gasteiger partial charge in [0.1, 0.15) is 17.2 Å². The van der Waals surface area contributed by atoms with Gasteiger partial charge in [-0.05, 0) is 38.0 Å². The Bertz CT molecular complexity index is 858. The second-order valence-electron chi connectivity index (χ2n) is 8.45. The van der Waals surface area contributed by atoms with E-state index < -0.39 is 23.1 Å². The number of anilines is 1. The van der Waals surface area contributed by atoms with Gasteiger partial charge in [0.05, 0.1) is 0 Å². The van der Waals surface area contributed by atoms with Gasteiger partial charge in [-0.1, -0.05) is 30.3 Å². The number of amides is 1. The van der Waals surface area contributed by atoms with Crippen LogP contribution in [0.3, 0.4) is 0 Å². The van der Waals surface area contributed by atoms with Crippen LogP contribution in [0.15, 0.2) is 42.5 Å². The Morgan fingerprint density at radius 2 is 1.79 bits per heavy atom. The lowest BCUT2D eigenvalue weighted by Crippen LogP contribution is -2.51. The summed E-state index contributed by atoms with van der Waals surface area (Å²) >= 11 is 0. The van der Waals surface area contributed by atoms with Crippen LogP contribution in [0, 0.1) is 17.6 Å². The summed E-state index contributed by atoms with van der Waals surface area (Å²) in [5.74, 6) is -1.29. The van der Waals surface area contributed by atoms with Gasteiger partial charge in [-0.2, -0.15) is 0 Å². The van der Waals surface area contributed by atoms with Gasteiger partial charge in [-0.15, -0.1) is 0 Å². The van der Waals surface area contributed by atoms with Crippen LogP contribution in [-0.2, 0) is 0 Å². The topological polar surface area (TPSA) is 44.4 Å². The zero-order chi connectivity index (χ0) is 20.5. The second kappa shape index (κ2) is 8.11. The first-order chi connectivity index (χ1) is 13.9. The fourth-order valence-corrected chi connectivity index (χ4v) is 4.01. The second-order valence-corrected chi connectivity index (χ2v) is 8.45. The molecule has 2 aromatic rings. The van der Waals surface area contributed by atoms with E-state index in [0.29, 0.717) is 23.6 Å². The number of hydrogen-bond acceptors (Lipinski definition) is 3. The average Bonchev–Trinajstić information content (AvgIpc) is 3.39. The highest BCUT2D eigenvalue weighted by atomic mass is 19.1. The molecule has 2 atom stereocenters. The molecule has 0 aromatic heterocycles. The molecule has 1 amide bonds. The van der Waals surface area contributed by atoms with E-state index in [2.05, 4.69) is 34.9 Å². The quantitative estimate of drug-likeness (QED) is 0.747. The zero-order valence-electron chi connectivity index (χ0n) is 16.8. The lowest BCUT2D eigenvalue weighted by atomic mass is 9.98. The number of halogens is 2. The Kier molecular flexibility index (Phi) is 5.54. The van der Waals surface area contributed by atoms with Crippen LogP contribution in [0.4, 0.5) is 14.5 Å². The van der Waals surface area contributed by atoms with Crippen LogP contribution in [0.2, 0.25) is 0 Å². The first-order valence-corrected chi connectivity index (χ1v) is 10.3. The van der Waals surface area contributed by atoms with Crippen LogP contribution in [0.1, 0.15) is 42.1 Å². The molecule has 4 rings (SSSR count). The number of benzene rings is 2. The molecule has 6 heteroatoms. The molecule has 4 nitrogen and oxygen atoms in total. The Hall–Kier alpha value is -2.47. The first kappa shape index (κ1) is 19.8. The normalized spacial score (nSPS) is 21.2. The molecule has 29 heavy (non-hydrogen) atoms.